The number of carbonyl (C=O) groups excluding carboxylic acids is 3. The van der Waals surface area contributed by atoms with Crippen LogP contribution in [0.4, 0.5) is 4.79 Å². The van der Waals surface area contributed by atoms with E-state index in [0.29, 0.717) is 38.9 Å². The fraction of sp³-hybridized carbons (Fsp3) is 0.600. The Balaban J connectivity index is 1.52. The Morgan fingerprint density at radius 3 is 2.29 bits per heavy atom. The van der Waals surface area contributed by atoms with Gasteiger partial charge in [-0.25, -0.2) is 9.59 Å². The molecule has 2 heterocycles. The summed E-state index contributed by atoms with van der Waals surface area (Å²) in [6.07, 6.45) is 1.98. The third kappa shape index (κ3) is 6.71. The third-order valence-electron chi connectivity index (χ3n) is 6.24. The van der Waals surface area contributed by atoms with E-state index in [-0.39, 0.29) is 24.2 Å². The molecule has 2 fully saturated rings. The molecule has 2 N–H and O–H groups in total. The Morgan fingerprint density at radius 2 is 1.71 bits per heavy atom. The van der Waals surface area contributed by atoms with Gasteiger partial charge >= 0.3 is 12.1 Å². The monoisotopic (exact) mass is 473 g/mol. The smallest absolute Gasteiger partial charge is 0.410 e. The van der Waals surface area contributed by atoms with Crippen LogP contribution < -0.4 is 5.32 Å². The van der Waals surface area contributed by atoms with Gasteiger partial charge in [0.25, 0.3) is 0 Å². The lowest BCUT2D eigenvalue weighted by molar-refractivity contribution is -0.143. The molecule has 0 radical (unpaired) electrons. The molecule has 1 aromatic carbocycles. The maximum atomic E-state index is 13.1. The molecule has 9 heteroatoms. The van der Waals surface area contributed by atoms with Gasteiger partial charge in [-0.05, 0) is 52.0 Å². The Morgan fingerprint density at radius 1 is 1.06 bits per heavy atom. The number of nitrogens with zero attached hydrogens (tertiary/aromatic N) is 2. The number of carbonyl (C=O) groups is 4. The summed E-state index contributed by atoms with van der Waals surface area (Å²) in [6.45, 7) is 6.66. The van der Waals surface area contributed by atoms with Crippen LogP contribution in [0.2, 0.25) is 0 Å². The summed E-state index contributed by atoms with van der Waals surface area (Å²) in [5.41, 5.74) is 0.203. The second-order valence-corrected chi connectivity index (χ2v) is 10.0. The zero-order valence-electron chi connectivity index (χ0n) is 20.2. The van der Waals surface area contributed by atoms with Crippen LogP contribution in [-0.4, -0.2) is 76.1 Å². The number of carboxylic acid groups (broad SMARTS) is 1. The molecular formula is C25H35N3O6. The number of piperidine rings is 1. The molecule has 186 valence electrons. The number of rotatable bonds is 6. The quantitative estimate of drug-likeness (QED) is 0.656. The van der Waals surface area contributed by atoms with E-state index in [2.05, 4.69) is 5.32 Å². The molecule has 0 aliphatic carbocycles. The van der Waals surface area contributed by atoms with E-state index in [9.17, 15) is 24.3 Å². The van der Waals surface area contributed by atoms with E-state index in [4.69, 9.17) is 4.74 Å². The van der Waals surface area contributed by atoms with Gasteiger partial charge in [-0.15, -0.1) is 0 Å². The van der Waals surface area contributed by atoms with Gasteiger partial charge in [0.05, 0.1) is 0 Å². The van der Waals surface area contributed by atoms with E-state index in [1.54, 1.807) is 25.7 Å². The van der Waals surface area contributed by atoms with Gasteiger partial charge in [0.1, 0.15) is 17.7 Å². The van der Waals surface area contributed by atoms with Gasteiger partial charge in [-0.3, -0.25) is 14.5 Å². The number of carboxylic acids is 1. The van der Waals surface area contributed by atoms with Crippen LogP contribution in [0.5, 0.6) is 0 Å². The number of likely N-dealkylation sites (tertiary alicyclic amines) is 2. The average Bonchev–Trinajstić information content (AvgIpc) is 3.28. The van der Waals surface area contributed by atoms with Gasteiger partial charge in [-0.1, -0.05) is 30.3 Å². The van der Waals surface area contributed by atoms with Crippen molar-refractivity contribution in [3.63, 3.8) is 0 Å². The first-order valence-electron chi connectivity index (χ1n) is 11.9. The molecule has 3 rings (SSSR count). The molecule has 0 saturated carbocycles. The highest BCUT2D eigenvalue weighted by molar-refractivity contribution is 5.87. The summed E-state index contributed by atoms with van der Waals surface area (Å²) < 4.78 is 5.45. The summed E-state index contributed by atoms with van der Waals surface area (Å²) in [5, 5.41) is 12.2. The van der Waals surface area contributed by atoms with Crippen molar-refractivity contribution in [3.8, 4) is 0 Å². The normalized spacial score (nSPS) is 20.0. The Labute approximate surface area is 200 Å². The standard InChI is InChI=1S/C25H35N3O6/c1-25(2,3)34-24(33)28-13-7-10-20(28)22(30)27-14-11-18(12-15-27)21(29)26-19(23(31)32)16-17-8-5-4-6-9-17/h4-6,8-9,18-20H,7,10-16H2,1-3H3,(H,26,29)(H,31,32)/t19-,20-/m0/s1. The molecule has 34 heavy (non-hydrogen) atoms. The number of ether oxygens (including phenoxy) is 1. The maximum absolute atomic E-state index is 13.1. The van der Waals surface area contributed by atoms with Crippen LogP contribution in [0.15, 0.2) is 30.3 Å². The fourth-order valence-corrected chi connectivity index (χ4v) is 4.47. The molecule has 2 saturated heterocycles. The van der Waals surface area contributed by atoms with E-state index >= 15 is 0 Å². The van der Waals surface area contributed by atoms with Gasteiger partial charge in [0, 0.05) is 32.0 Å². The minimum Gasteiger partial charge on any atom is -0.480 e. The fourth-order valence-electron chi connectivity index (χ4n) is 4.47. The van der Waals surface area contributed by atoms with Gasteiger partial charge in [-0.2, -0.15) is 0 Å². The second-order valence-electron chi connectivity index (χ2n) is 10.0. The topological polar surface area (TPSA) is 116 Å². The Bertz CT molecular complexity index is 890. The SMILES string of the molecule is CC(C)(C)OC(=O)N1CCC[C@H]1C(=O)N1CCC(C(=O)N[C@@H](Cc2ccccc2)C(=O)O)CC1. The third-order valence-corrected chi connectivity index (χ3v) is 6.24. The molecule has 0 unspecified atom stereocenters. The minimum atomic E-state index is -1.08. The van der Waals surface area contributed by atoms with Crippen molar-refractivity contribution in [1.29, 1.82) is 0 Å². The summed E-state index contributed by atoms with van der Waals surface area (Å²) in [4.78, 5) is 53.3. The van der Waals surface area contributed by atoms with Crippen molar-refractivity contribution >= 4 is 23.9 Å². The van der Waals surface area contributed by atoms with E-state index in [1.807, 2.05) is 30.3 Å². The first-order chi connectivity index (χ1) is 16.0. The molecule has 3 amide bonds. The Kier molecular flexibility index (Phi) is 8.17. The summed E-state index contributed by atoms with van der Waals surface area (Å²) in [5.74, 6) is -1.85. The van der Waals surface area contributed by atoms with Crippen LogP contribution >= 0.6 is 0 Å². The molecule has 1 aromatic rings. The second kappa shape index (κ2) is 10.9. The highest BCUT2D eigenvalue weighted by atomic mass is 16.6. The molecule has 0 spiro atoms. The number of hydrogen-bond acceptors (Lipinski definition) is 5. The lowest BCUT2D eigenvalue weighted by Gasteiger charge is -2.35. The molecule has 0 bridgehead atoms. The van der Waals surface area contributed by atoms with Gasteiger partial charge in [0.15, 0.2) is 0 Å². The molecule has 0 aromatic heterocycles. The van der Waals surface area contributed by atoms with Crippen LogP contribution in [0.25, 0.3) is 0 Å². The summed E-state index contributed by atoms with van der Waals surface area (Å²) >= 11 is 0. The number of amides is 3. The molecule has 2 aliphatic rings. The van der Waals surface area contributed by atoms with Crippen LogP contribution in [0.1, 0.15) is 52.0 Å². The van der Waals surface area contributed by atoms with E-state index < -0.39 is 29.7 Å². The number of aliphatic carboxylic acids is 1. The number of nitrogens with one attached hydrogen (secondary N) is 1. The average molecular weight is 474 g/mol. The van der Waals surface area contributed by atoms with E-state index in [1.165, 1.54) is 4.90 Å². The number of benzene rings is 1. The molecular weight excluding hydrogens is 438 g/mol. The van der Waals surface area contributed by atoms with Crippen molar-refractivity contribution in [2.75, 3.05) is 19.6 Å². The molecule has 9 nitrogen and oxygen atoms in total. The molecule has 2 atom stereocenters. The van der Waals surface area contributed by atoms with Crippen LogP contribution in [0.3, 0.4) is 0 Å². The maximum Gasteiger partial charge on any atom is 0.410 e. The van der Waals surface area contributed by atoms with Crippen molar-refractivity contribution in [2.45, 2.75) is 70.6 Å². The first-order valence-corrected chi connectivity index (χ1v) is 11.9. The lowest BCUT2D eigenvalue weighted by atomic mass is 9.94. The highest BCUT2D eigenvalue weighted by Gasteiger charge is 2.40. The van der Waals surface area contributed by atoms with E-state index in [0.717, 1.165) is 12.0 Å². The first kappa shape index (κ1) is 25.5. The van der Waals surface area contributed by atoms with Crippen LogP contribution in [0, 0.1) is 5.92 Å². The molecule has 2 aliphatic heterocycles. The van der Waals surface area contributed by atoms with Gasteiger partial charge < -0.3 is 20.1 Å². The predicted octanol–water partition coefficient (Wildman–Crippen LogP) is 2.44. The van der Waals surface area contributed by atoms with Crippen molar-refractivity contribution < 1.29 is 29.0 Å². The van der Waals surface area contributed by atoms with Crippen molar-refractivity contribution in [3.05, 3.63) is 35.9 Å². The largest absolute Gasteiger partial charge is 0.480 e. The van der Waals surface area contributed by atoms with Crippen LogP contribution in [-0.2, 0) is 25.5 Å². The zero-order chi connectivity index (χ0) is 24.9. The predicted molar refractivity (Wildman–Crippen MR) is 125 cm³/mol. The summed E-state index contributed by atoms with van der Waals surface area (Å²) in [7, 11) is 0. The lowest BCUT2D eigenvalue weighted by Crippen LogP contribution is -2.52. The van der Waals surface area contributed by atoms with Crippen molar-refractivity contribution in [1.82, 2.24) is 15.1 Å². The summed E-state index contributed by atoms with van der Waals surface area (Å²) in [6, 6.07) is 7.63. The number of hydrogen-bond donors (Lipinski definition) is 2. The van der Waals surface area contributed by atoms with Crippen molar-refractivity contribution in [2.24, 2.45) is 5.92 Å². The highest BCUT2D eigenvalue weighted by Crippen LogP contribution is 2.25. The minimum absolute atomic E-state index is 0.116. The van der Waals surface area contributed by atoms with Gasteiger partial charge in [0.2, 0.25) is 11.8 Å². The zero-order valence-corrected chi connectivity index (χ0v) is 20.2. The Hall–Kier alpha value is -3.10.